The van der Waals surface area contributed by atoms with Gasteiger partial charge in [0.2, 0.25) is 49.7 Å². The van der Waals surface area contributed by atoms with Crippen LogP contribution in [0.25, 0.3) is 0 Å². The Hall–Kier alpha value is -4.40. The molecular formula is C63H112Cl5N3O21S. The number of unbranched alkanes of at least 4 members (excludes halogenated alkanes) is 26. The van der Waals surface area contributed by atoms with Crippen LogP contribution in [0.2, 0.25) is 0 Å². The Morgan fingerprint density at radius 1 is 0.366 bits per heavy atom. The molecule has 546 valence electrons. The monoisotopic (exact) mass is 1450 g/mol. The summed E-state index contributed by atoms with van der Waals surface area (Å²) in [5.74, 6) is -10.4. The first kappa shape index (κ1) is 99.7. The minimum Gasteiger partial charge on any atom is -0.481 e. The Bertz CT molecular complexity index is 1820. The lowest BCUT2D eigenvalue weighted by Gasteiger charge is -2.22. The lowest BCUT2D eigenvalue weighted by Crippen LogP contribution is -2.55. The predicted octanol–water partition coefficient (Wildman–Crippen LogP) is 12.7. The molecule has 0 radical (unpaired) electrons. The Morgan fingerprint density at radius 2 is 0.570 bits per heavy atom. The van der Waals surface area contributed by atoms with E-state index in [1.54, 1.807) is 13.8 Å². The van der Waals surface area contributed by atoms with Crippen molar-refractivity contribution in [1.29, 1.82) is 0 Å². The van der Waals surface area contributed by atoms with Gasteiger partial charge in [0.15, 0.2) is 0 Å². The first-order chi connectivity index (χ1) is 43.8. The molecule has 6 N–H and O–H groups in total. The van der Waals surface area contributed by atoms with E-state index in [0.717, 1.165) is 96.3 Å². The van der Waals surface area contributed by atoms with E-state index < -0.39 is 92.8 Å². The first-order valence-corrected chi connectivity index (χ1v) is 36.3. The van der Waals surface area contributed by atoms with Gasteiger partial charge in [0, 0.05) is 47.0 Å². The lowest BCUT2D eigenvalue weighted by atomic mass is 9.97. The lowest BCUT2D eigenvalue weighted by molar-refractivity contribution is -0.161. The Balaban J connectivity index is -0.000000296. The van der Waals surface area contributed by atoms with Gasteiger partial charge in [-0.15, -0.1) is 12.4 Å². The second kappa shape index (κ2) is 73.4. The smallest absolute Gasteiger partial charge is 0.340 e. The zero-order valence-corrected chi connectivity index (χ0v) is 60.8. The highest BCUT2D eigenvalue weighted by Gasteiger charge is 2.39. The molecule has 93 heavy (non-hydrogen) atoms. The van der Waals surface area contributed by atoms with E-state index in [2.05, 4.69) is 48.4 Å². The Labute approximate surface area is 580 Å². The number of nitrogens with two attached hydrogens (primary N) is 1. The summed E-state index contributed by atoms with van der Waals surface area (Å²) >= 11 is 10.5. The maximum absolute atomic E-state index is 13.2. The molecule has 0 aliphatic heterocycles. The van der Waals surface area contributed by atoms with Crippen molar-refractivity contribution >= 4 is 136 Å². The molecular weight excluding hydrogens is 1340 g/mol. The van der Waals surface area contributed by atoms with Gasteiger partial charge in [0.25, 0.3) is 0 Å². The molecule has 0 atom stereocenters. The van der Waals surface area contributed by atoms with Crippen molar-refractivity contribution in [1.82, 2.24) is 10.6 Å². The molecule has 24 nitrogen and oxygen atoms in total. The van der Waals surface area contributed by atoms with Crippen LogP contribution >= 0.6 is 57.0 Å². The number of nitrogens with one attached hydrogen (secondary N) is 2. The molecule has 0 aliphatic rings. The highest BCUT2D eigenvalue weighted by Crippen LogP contribution is 2.17. The van der Waals surface area contributed by atoms with E-state index in [1.807, 2.05) is 0 Å². The SMILES string of the molecule is CCCCCCCCCCCC(C(=O)NC(C(=O)OCC)C(=O)OCC)C(=O)NC(C(=O)OCC)C(=O)OCC.CCOC(=O)C(N)C(=O)OCC.Cl.O=C(Cl)CCCCCCCCCCCCC(=O)Cl.O=C(O)CCCCCCCCCCCCC(=O)O.O=S(Cl)Cl. The van der Waals surface area contributed by atoms with E-state index in [0.29, 0.717) is 32.1 Å². The average molecular weight is 1460 g/mol. The minimum absolute atomic E-state index is 0. The van der Waals surface area contributed by atoms with Crippen molar-refractivity contribution in [3.8, 4) is 0 Å². The molecule has 30 heteroatoms. The Morgan fingerprint density at radius 3 is 0.785 bits per heavy atom. The molecule has 0 heterocycles. The molecule has 2 amide bonds. The van der Waals surface area contributed by atoms with Gasteiger partial charge in [-0.1, -0.05) is 167 Å². The van der Waals surface area contributed by atoms with Gasteiger partial charge in [-0.2, -0.15) is 0 Å². The first-order valence-electron chi connectivity index (χ1n) is 32.7. The third-order valence-electron chi connectivity index (χ3n) is 13.0. The van der Waals surface area contributed by atoms with E-state index in [-0.39, 0.29) is 69.0 Å². The second-order valence-electron chi connectivity index (χ2n) is 20.8. The fraction of sp³-hybridized carbons (Fsp3) is 0.810. The molecule has 0 aromatic rings. The van der Waals surface area contributed by atoms with E-state index in [4.69, 9.17) is 62.3 Å². The number of rotatable bonds is 52. The number of ether oxygens (including phenoxy) is 6. The van der Waals surface area contributed by atoms with Crippen LogP contribution in [0.1, 0.15) is 267 Å². The number of carbonyl (C=O) groups excluding carboxylic acids is 10. The predicted molar refractivity (Wildman–Crippen MR) is 362 cm³/mol. The van der Waals surface area contributed by atoms with Crippen LogP contribution in [0, 0.1) is 5.92 Å². The number of hydrogen-bond donors (Lipinski definition) is 5. The van der Waals surface area contributed by atoms with Crippen LogP contribution in [0.5, 0.6) is 0 Å². The normalized spacial score (nSPS) is 10.3. The van der Waals surface area contributed by atoms with Crippen LogP contribution in [-0.2, 0) is 95.2 Å². The van der Waals surface area contributed by atoms with Crippen molar-refractivity contribution in [3.63, 3.8) is 0 Å². The Kier molecular flexibility index (Phi) is 78.7. The zero-order valence-electron chi connectivity index (χ0n) is 56.2. The number of halogens is 5. The van der Waals surface area contributed by atoms with Gasteiger partial charge in [-0.3, -0.25) is 28.8 Å². The van der Waals surface area contributed by atoms with Crippen molar-refractivity contribution in [2.24, 2.45) is 11.7 Å². The van der Waals surface area contributed by atoms with Crippen LogP contribution in [0.3, 0.4) is 0 Å². The summed E-state index contributed by atoms with van der Waals surface area (Å²) in [6.07, 6.45) is 32.9. The van der Waals surface area contributed by atoms with Crippen LogP contribution in [-0.4, -0.2) is 142 Å². The maximum Gasteiger partial charge on any atom is 0.340 e. The fourth-order valence-electron chi connectivity index (χ4n) is 8.33. The second-order valence-corrected chi connectivity index (χ2v) is 24.2. The van der Waals surface area contributed by atoms with Gasteiger partial charge in [0.05, 0.1) is 39.6 Å². The van der Waals surface area contributed by atoms with Gasteiger partial charge < -0.3 is 55.0 Å². The van der Waals surface area contributed by atoms with Crippen molar-refractivity contribution in [2.45, 2.75) is 285 Å². The summed E-state index contributed by atoms with van der Waals surface area (Å²) < 4.78 is 37.6. The molecule has 0 aliphatic carbocycles. The van der Waals surface area contributed by atoms with Gasteiger partial charge >= 0.3 is 47.8 Å². The highest BCUT2D eigenvalue weighted by atomic mass is 36.0. The molecule has 0 rings (SSSR count). The van der Waals surface area contributed by atoms with Crippen molar-refractivity contribution in [2.75, 3.05) is 39.6 Å². The molecule has 0 unspecified atom stereocenters. The van der Waals surface area contributed by atoms with Crippen molar-refractivity contribution in [3.05, 3.63) is 0 Å². The number of aliphatic carboxylic acids is 2. The maximum atomic E-state index is 13.2. The quantitative estimate of drug-likeness (QED) is 0.0124. The summed E-state index contributed by atoms with van der Waals surface area (Å²) in [4.78, 5) is 139. The van der Waals surface area contributed by atoms with Crippen LogP contribution in [0.4, 0.5) is 0 Å². The standard InChI is InChI=1S/C28H48N2O10.C14H24Cl2O2.C14H26O4.C7H13NO4.Cl2OS.ClH/c1-6-11-12-13-14-15-16-17-18-19-20(23(31)29-21(25(33)37-7-2)26(34)38-8-3)24(32)30-22(27(35)39-9-4)28(36)40-10-5;15-13(17)11-9-7-5-3-1-2-4-6-8-10-12-14(16)18;15-13(16)11-9-7-5-3-1-2-4-6-8-10-12-14(17)18;1-3-11-6(9)5(8)7(10)12-4-2;1-4(2)3;/h20-22H,6-19H2,1-5H3,(H,29,31)(H,30,32);1-12H2;1-12H2,(H,15,16)(H,17,18);5H,3-4,8H2,1-2H3;;1H. The zero-order chi connectivity index (χ0) is 70.8. The number of carboxylic acids is 2. The van der Waals surface area contributed by atoms with Gasteiger partial charge in [0.1, 0.15) is 5.92 Å². The largest absolute Gasteiger partial charge is 0.481 e. The summed E-state index contributed by atoms with van der Waals surface area (Å²) in [6.45, 7) is 11.8. The molecule has 0 spiro atoms. The fourth-order valence-corrected chi connectivity index (χ4v) is 8.59. The van der Waals surface area contributed by atoms with Crippen LogP contribution in [0.15, 0.2) is 0 Å². The van der Waals surface area contributed by atoms with E-state index in [1.165, 1.54) is 111 Å². The minimum atomic E-state index is -1.78. The molecule has 0 saturated heterocycles. The van der Waals surface area contributed by atoms with E-state index >= 15 is 0 Å². The molecule has 0 fully saturated rings. The van der Waals surface area contributed by atoms with Gasteiger partial charge in [-0.05, 0) is 96.8 Å². The summed E-state index contributed by atoms with van der Waals surface area (Å²) in [7, 11) is 7.36. The third-order valence-corrected chi connectivity index (χ3v) is 13.4. The van der Waals surface area contributed by atoms with Crippen molar-refractivity contribution < 1.29 is 100 Å². The molecule has 0 bridgehead atoms. The molecule has 0 saturated carbocycles. The molecule has 0 aromatic carbocycles. The molecule has 0 aromatic heterocycles. The number of amides is 2. The number of esters is 6. The van der Waals surface area contributed by atoms with Crippen LogP contribution < -0.4 is 16.4 Å². The highest BCUT2D eigenvalue weighted by molar-refractivity contribution is 8.26. The summed E-state index contributed by atoms with van der Waals surface area (Å²) in [5, 5.41) is 21.0. The average Bonchev–Trinajstić information content (AvgIpc) is 0.976. The number of carbonyl (C=O) groups is 12. The topological polar surface area (TPSA) is 368 Å². The summed E-state index contributed by atoms with van der Waals surface area (Å²) in [6, 6.07) is -4.88. The third kappa shape index (κ3) is 71.7. The van der Waals surface area contributed by atoms with Gasteiger partial charge in [-0.25, -0.2) is 33.0 Å². The summed E-state index contributed by atoms with van der Waals surface area (Å²) in [5.41, 5.74) is 5.18. The number of hydrogen-bond acceptors (Lipinski definition) is 20. The van der Waals surface area contributed by atoms with E-state index in [9.17, 15) is 57.5 Å². The number of carboxylic acid groups (broad SMARTS) is 2.